The average Bonchev–Trinajstić information content (AvgIpc) is 2.18. The second kappa shape index (κ2) is 5.39. The van der Waals surface area contributed by atoms with Crippen LogP contribution in [0.3, 0.4) is 0 Å². The van der Waals surface area contributed by atoms with Gasteiger partial charge in [0.2, 0.25) is 0 Å². The van der Waals surface area contributed by atoms with Gasteiger partial charge >= 0.3 is 0 Å². The van der Waals surface area contributed by atoms with Crippen LogP contribution in [0.1, 0.15) is 31.1 Å². The quantitative estimate of drug-likeness (QED) is 0.793. The van der Waals surface area contributed by atoms with Crippen LogP contribution >= 0.6 is 0 Å². The number of anilines is 1. The monoisotopic (exact) mass is 206 g/mol. The molecule has 3 nitrogen and oxygen atoms in total. The molecule has 0 bridgehead atoms. The van der Waals surface area contributed by atoms with Gasteiger partial charge in [0.05, 0.1) is 0 Å². The Balaban J connectivity index is 2.67. The molecule has 15 heavy (non-hydrogen) atoms. The van der Waals surface area contributed by atoms with E-state index >= 15 is 0 Å². The van der Waals surface area contributed by atoms with Crippen LogP contribution in [0.4, 0.5) is 5.69 Å². The smallest absolute Gasteiger partial charge is 0.251 e. The van der Waals surface area contributed by atoms with Gasteiger partial charge in [-0.3, -0.25) is 4.79 Å². The summed E-state index contributed by atoms with van der Waals surface area (Å²) in [5, 5.41) is 6.03. The molecule has 0 aliphatic heterocycles. The van der Waals surface area contributed by atoms with Crippen LogP contribution in [0.15, 0.2) is 24.3 Å². The number of nitrogens with one attached hydrogen (secondary N) is 2. The molecule has 1 rings (SSSR count). The molecular weight excluding hydrogens is 188 g/mol. The van der Waals surface area contributed by atoms with Crippen LogP contribution in [-0.2, 0) is 0 Å². The Morgan fingerprint density at radius 3 is 2.33 bits per heavy atom. The van der Waals surface area contributed by atoms with E-state index in [2.05, 4.69) is 10.6 Å². The minimum Gasteiger partial charge on any atom is -0.385 e. The maximum Gasteiger partial charge on any atom is 0.251 e. The fraction of sp³-hybridized carbons (Fsp3) is 0.417. The van der Waals surface area contributed by atoms with Crippen molar-refractivity contribution in [1.29, 1.82) is 0 Å². The van der Waals surface area contributed by atoms with Gasteiger partial charge in [-0.2, -0.15) is 0 Å². The van der Waals surface area contributed by atoms with Gasteiger partial charge in [-0.15, -0.1) is 0 Å². The van der Waals surface area contributed by atoms with Crippen molar-refractivity contribution in [1.82, 2.24) is 5.32 Å². The zero-order valence-electron chi connectivity index (χ0n) is 9.50. The molecule has 3 heteroatoms. The Morgan fingerprint density at radius 2 is 1.87 bits per heavy atom. The Bertz CT molecular complexity index is 317. The van der Waals surface area contributed by atoms with Crippen LogP contribution in [0, 0.1) is 0 Å². The molecule has 0 fully saturated rings. The molecule has 0 saturated heterocycles. The third-order valence-corrected chi connectivity index (χ3v) is 1.95. The van der Waals surface area contributed by atoms with Gasteiger partial charge < -0.3 is 10.6 Å². The number of hydrogen-bond acceptors (Lipinski definition) is 2. The summed E-state index contributed by atoms with van der Waals surface area (Å²) in [4.78, 5) is 11.6. The van der Waals surface area contributed by atoms with Gasteiger partial charge in [0.25, 0.3) is 5.91 Å². The van der Waals surface area contributed by atoms with Gasteiger partial charge in [-0.25, -0.2) is 0 Å². The van der Waals surface area contributed by atoms with Crippen molar-refractivity contribution in [2.75, 3.05) is 11.9 Å². The minimum atomic E-state index is -0.0203. The maximum atomic E-state index is 11.6. The molecule has 1 aromatic rings. The molecule has 82 valence electrons. The van der Waals surface area contributed by atoms with E-state index in [4.69, 9.17) is 0 Å². The van der Waals surface area contributed by atoms with E-state index in [0.29, 0.717) is 5.56 Å². The highest BCUT2D eigenvalue weighted by Crippen LogP contribution is 2.09. The van der Waals surface area contributed by atoms with Crippen LogP contribution < -0.4 is 10.6 Å². The summed E-state index contributed by atoms with van der Waals surface area (Å²) >= 11 is 0. The number of amides is 1. The first-order valence-corrected chi connectivity index (χ1v) is 5.28. The highest BCUT2D eigenvalue weighted by molar-refractivity contribution is 5.94. The van der Waals surface area contributed by atoms with Crippen molar-refractivity contribution >= 4 is 11.6 Å². The minimum absolute atomic E-state index is 0.0203. The van der Waals surface area contributed by atoms with Crippen molar-refractivity contribution in [3.8, 4) is 0 Å². The molecule has 0 radical (unpaired) electrons. The third-order valence-electron chi connectivity index (χ3n) is 1.95. The van der Waals surface area contributed by atoms with Gasteiger partial charge in [0.15, 0.2) is 0 Å². The Kier molecular flexibility index (Phi) is 4.16. The predicted octanol–water partition coefficient (Wildman–Crippen LogP) is 2.26. The summed E-state index contributed by atoms with van der Waals surface area (Å²) in [7, 11) is 0. The van der Waals surface area contributed by atoms with Gasteiger partial charge in [0, 0.05) is 23.8 Å². The fourth-order valence-corrected chi connectivity index (χ4v) is 1.29. The summed E-state index contributed by atoms with van der Waals surface area (Å²) in [5.74, 6) is -0.0203. The maximum absolute atomic E-state index is 11.6. The van der Waals surface area contributed by atoms with Crippen molar-refractivity contribution in [3.63, 3.8) is 0 Å². The summed E-state index contributed by atoms with van der Waals surface area (Å²) < 4.78 is 0. The van der Waals surface area contributed by atoms with Crippen LogP contribution in [-0.4, -0.2) is 18.5 Å². The topological polar surface area (TPSA) is 41.1 Å². The summed E-state index contributed by atoms with van der Waals surface area (Å²) in [6.45, 7) is 6.83. The fourth-order valence-electron chi connectivity index (χ4n) is 1.29. The molecule has 0 saturated carbocycles. The van der Waals surface area contributed by atoms with Crippen LogP contribution in [0.2, 0.25) is 0 Å². The van der Waals surface area contributed by atoms with E-state index in [1.807, 2.05) is 45.0 Å². The SMILES string of the molecule is CCNc1ccc(C(=O)NC(C)C)cc1. The Morgan fingerprint density at radius 1 is 1.27 bits per heavy atom. The average molecular weight is 206 g/mol. The lowest BCUT2D eigenvalue weighted by Crippen LogP contribution is -2.29. The molecule has 0 unspecified atom stereocenters. The molecule has 1 aromatic carbocycles. The van der Waals surface area contributed by atoms with Gasteiger partial charge in [0.1, 0.15) is 0 Å². The van der Waals surface area contributed by atoms with E-state index in [0.717, 1.165) is 12.2 Å². The normalized spacial score (nSPS) is 10.1. The van der Waals surface area contributed by atoms with E-state index in [9.17, 15) is 4.79 Å². The molecule has 0 aliphatic rings. The van der Waals surface area contributed by atoms with E-state index in [1.165, 1.54) is 0 Å². The van der Waals surface area contributed by atoms with Crippen molar-refractivity contribution < 1.29 is 4.79 Å². The van der Waals surface area contributed by atoms with E-state index in [-0.39, 0.29) is 11.9 Å². The Hall–Kier alpha value is -1.51. The number of carbonyl (C=O) groups is 1. The zero-order valence-corrected chi connectivity index (χ0v) is 9.50. The van der Waals surface area contributed by atoms with E-state index < -0.39 is 0 Å². The molecule has 0 spiro atoms. The van der Waals surface area contributed by atoms with Gasteiger partial charge in [-0.05, 0) is 45.0 Å². The van der Waals surface area contributed by atoms with Crippen molar-refractivity contribution in [2.45, 2.75) is 26.8 Å². The second-order valence-electron chi connectivity index (χ2n) is 3.74. The molecular formula is C12H18N2O. The summed E-state index contributed by atoms with van der Waals surface area (Å²) in [6, 6.07) is 7.66. The lowest BCUT2D eigenvalue weighted by molar-refractivity contribution is 0.0943. The van der Waals surface area contributed by atoms with Crippen LogP contribution in [0.5, 0.6) is 0 Å². The lowest BCUT2D eigenvalue weighted by atomic mass is 10.2. The molecule has 1 amide bonds. The first-order valence-electron chi connectivity index (χ1n) is 5.28. The van der Waals surface area contributed by atoms with Crippen LogP contribution in [0.25, 0.3) is 0 Å². The van der Waals surface area contributed by atoms with Crippen molar-refractivity contribution in [3.05, 3.63) is 29.8 Å². The van der Waals surface area contributed by atoms with Crippen molar-refractivity contribution in [2.24, 2.45) is 0 Å². The Labute approximate surface area is 90.9 Å². The van der Waals surface area contributed by atoms with E-state index in [1.54, 1.807) is 0 Å². The molecule has 0 heterocycles. The second-order valence-corrected chi connectivity index (χ2v) is 3.74. The number of carbonyl (C=O) groups excluding carboxylic acids is 1. The third kappa shape index (κ3) is 3.62. The molecule has 0 aromatic heterocycles. The summed E-state index contributed by atoms with van der Waals surface area (Å²) in [6.07, 6.45) is 0. The van der Waals surface area contributed by atoms with Gasteiger partial charge in [-0.1, -0.05) is 0 Å². The predicted molar refractivity (Wildman–Crippen MR) is 63.2 cm³/mol. The summed E-state index contributed by atoms with van der Waals surface area (Å²) in [5.41, 5.74) is 1.74. The number of rotatable bonds is 4. The molecule has 0 aliphatic carbocycles. The zero-order chi connectivity index (χ0) is 11.3. The highest BCUT2D eigenvalue weighted by Gasteiger charge is 2.05. The lowest BCUT2D eigenvalue weighted by Gasteiger charge is -2.09. The first kappa shape index (κ1) is 11.6. The standard InChI is InChI=1S/C12H18N2O/c1-4-13-11-7-5-10(6-8-11)12(15)14-9(2)3/h5-9,13H,4H2,1-3H3,(H,14,15). The largest absolute Gasteiger partial charge is 0.385 e. The number of benzene rings is 1. The number of hydrogen-bond donors (Lipinski definition) is 2. The molecule has 2 N–H and O–H groups in total. The molecule has 0 atom stereocenters. The highest BCUT2D eigenvalue weighted by atomic mass is 16.1. The first-order chi connectivity index (χ1) is 7.13.